The van der Waals surface area contributed by atoms with Gasteiger partial charge in [-0.05, 0) is 38.8 Å². The first-order valence-corrected chi connectivity index (χ1v) is 7.47. The van der Waals surface area contributed by atoms with Crippen LogP contribution in [-0.4, -0.2) is 27.8 Å². The number of hydrogen-bond acceptors (Lipinski definition) is 3. The molecule has 5 nitrogen and oxygen atoms in total. The molecule has 1 aromatic carbocycles. The fraction of sp³-hybridized carbons (Fsp3) is 0.533. The van der Waals surface area contributed by atoms with E-state index in [0.29, 0.717) is 0 Å². The first kappa shape index (κ1) is 17.4. The van der Waals surface area contributed by atoms with E-state index in [1.165, 1.54) is 18.2 Å². The van der Waals surface area contributed by atoms with Gasteiger partial charge in [-0.3, -0.25) is 14.9 Å². The Balaban J connectivity index is 3.30. The van der Waals surface area contributed by atoms with E-state index in [1.807, 2.05) is 27.7 Å². The maximum Gasteiger partial charge on any atom is 0.283 e. The Hall–Kier alpha value is -1.62. The molecule has 21 heavy (non-hydrogen) atoms. The summed E-state index contributed by atoms with van der Waals surface area (Å²) in [5.41, 5.74) is -0.158. The Kier molecular flexibility index (Phi) is 6.15. The van der Waals surface area contributed by atoms with Crippen LogP contribution in [0.5, 0.6) is 0 Å². The number of carbonyl (C=O) groups is 1. The minimum atomic E-state index is -0.565. The molecule has 6 heteroatoms. The summed E-state index contributed by atoms with van der Waals surface area (Å²) in [6, 6.07) is 4.19. The number of halogens is 1. The standard InChI is InChI=1S/C15H21ClN2O3/c1-5-10(3)17(11(4)6-2)15(19)13-8-7-12(16)9-14(13)18(20)21/h7-11H,5-6H2,1-4H3. The SMILES string of the molecule is CCC(C)N(C(=O)c1ccc(Cl)cc1[N+](=O)[O-])C(C)CC. The van der Waals surface area contributed by atoms with Crippen molar-refractivity contribution in [2.75, 3.05) is 0 Å². The number of carbonyl (C=O) groups excluding carboxylic acids is 1. The molecule has 0 spiro atoms. The molecule has 2 atom stereocenters. The lowest BCUT2D eigenvalue weighted by atomic mass is 10.1. The van der Waals surface area contributed by atoms with Gasteiger partial charge in [0.25, 0.3) is 11.6 Å². The van der Waals surface area contributed by atoms with E-state index >= 15 is 0 Å². The molecule has 0 aromatic heterocycles. The number of nitrogens with zero attached hydrogens (tertiary/aromatic N) is 2. The average Bonchev–Trinajstić information content (AvgIpc) is 2.46. The van der Waals surface area contributed by atoms with Crippen molar-refractivity contribution in [1.82, 2.24) is 4.90 Å². The number of nitro groups is 1. The van der Waals surface area contributed by atoms with Crippen molar-refractivity contribution in [3.8, 4) is 0 Å². The van der Waals surface area contributed by atoms with Crippen LogP contribution in [0.2, 0.25) is 5.02 Å². The molecule has 0 aliphatic rings. The normalized spacial score (nSPS) is 13.6. The van der Waals surface area contributed by atoms with Gasteiger partial charge >= 0.3 is 0 Å². The molecule has 0 heterocycles. The summed E-state index contributed by atoms with van der Waals surface area (Å²) in [6.07, 6.45) is 1.58. The van der Waals surface area contributed by atoms with Gasteiger partial charge < -0.3 is 4.90 Å². The van der Waals surface area contributed by atoms with Gasteiger partial charge in [0.05, 0.1) is 4.92 Å². The van der Waals surface area contributed by atoms with Crippen molar-refractivity contribution in [2.45, 2.75) is 52.6 Å². The Bertz CT molecular complexity index is 524. The summed E-state index contributed by atoms with van der Waals surface area (Å²) < 4.78 is 0. The zero-order valence-electron chi connectivity index (χ0n) is 12.8. The largest absolute Gasteiger partial charge is 0.333 e. The molecule has 1 amide bonds. The van der Waals surface area contributed by atoms with E-state index in [2.05, 4.69) is 0 Å². The van der Waals surface area contributed by atoms with E-state index in [0.717, 1.165) is 12.8 Å². The third-order valence-electron chi connectivity index (χ3n) is 3.75. The average molecular weight is 313 g/mol. The van der Waals surface area contributed by atoms with Gasteiger partial charge in [0.15, 0.2) is 0 Å². The highest BCUT2D eigenvalue weighted by molar-refractivity contribution is 6.31. The fourth-order valence-corrected chi connectivity index (χ4v) is 2.37. The Morgan fingerprint density at radius 2 is 1.81 bits per heavy atom. The number of amides is 1. The van der Waals surface area contributed by atoms with Crippen LogP contribution in [0.15, 0.2) is 18.2 Å². The molecule has 1 aromatic rings. The van der Waals surface area contributed by atoms with Gasteiger partial charge in [0.1, 0.15) is 5.56 Å². The number of hydrogen-bond donors (Lipinski definition) is 0. The van der Waals surface area contributed by atoms with E-state index in [-0.39, 0.29) is 34.3 Å². The summed E-state index contributed by atoms with van der Waals surface area (Å²) in [5, 5.41) is 11.4. The zero-order valence-corrected chi connectivity index (χ0v) is 13.6. The topological polar surface area (TPSA) is 63.5 Å². The van der Waals surface area contributed by atoms with Gasteiger partial charge in [-0.1, -0.05) is 25.4 Å². The van der Waals surface area contributed by atoms with Crippen molar-refractivity contribution in [2.24, 2.45) is 0 Å². The van der Waals surface area contributed by atoms with Crippen LogP contribution in [0.3, 0.4) is 0 Å². The Morgan fingerprint density at radius 1 is 1.29 bits per heavy atom. The second kappa shape index (κ2) is 7.41. The maximum absolute atomic E-state index is 12.8. The van der Waals surface area contributed by atoms with Gasteiger partial charge in [-0.25, -0.2) is 0 Å². The predicted molar refractivity (Wildman–Crippen MR) is 83.8 cm³/mol. The smallest absolute Gasteiger partial charge is 0.283 e. The second-order valence-electron chi connectivity index (χ2n) is 5.15. The Morgan fingerprint density at radius 3 is 2.24 bits per heavy atom. The van der Waals surface area contributed by atoms with Gasteiger partial charge in [0.2, 0.25) is 0 Å². The molecule has 1 rings (SSSR count). The van der Waals surface area contributed by atoms with Crippen LogP contribution < -0.4 is 0 Å². The Labute approximate surface area is 130 Å². The van der Waals surface area contributed by atoms with Crippen molar-refractivity contribution in [3.63, 3.8) is 0 Å². The third kappa shape index (κ3) is 3.94. The van der Waals surface area contributed by atoms with Gasteiger partial charge in [-0.15, -0.1) is 0 Å². The quantitative estimate of drug-likeness (QED) is 0.581. The molecule has 0 aliphatic heterocycles. The predicted octanol–water partition coefficient (Wildman–Crippen LogP) is 4.29. The van der Waals surface area contributed by atoms with Crippen LogP contribution in [0.4, 0.5) is 5.69 Å². The molecule has 2 unspecified atom stereocenters. The highest BCUT2D eigenvalue weighted by Crippen LogP contribution is 2.26. The van der Waals surface area contributed by atoms with Crippen molar-refractivity contribution in [1.29, 1.82) is 0 Å². The number of benzene rings is 1. The lowest BCUT2D eigenvalue weighted by molar-refractivity contribution is -0.385. The van der Waals surface area contributed by atoms with Crippen molar-refractivity contribution >= 4 is 23.2 Å². The van der Waals surface area contributed by atoms with Gasteiger partial charge in [-0.2, -0.15) is 0 Å². The molecule has 0 saturated heterocycles. The van der Waals surface area contributed by atoms with E-state index in [1.54, 1.807) is 4.90 Å². The summed E-state index contributed by atoms with van der Waals surface area (Å²) >= 11 is 5.80. The second-order valence-corrected chi connectivity index (χ2v) is 5.58. The molecule has 0 saturated carbocycles. The molecule has 0 aliphatic carbocycles. The van der Waals surface area contributed by atoms with Crippen LogP contribution in [-0.2, 0) is 0 Å². The maximum atomic E-state index is 12.8. The lowest BCUT2D eigenvalue weighted by Crippen LogP contribution is -2.44. The zero-order chi connectivity index (χ0) is 16.2. The first-order chi connectivity index (χ1) is 9.83. The summed E-state index contributed by atoms with van der Waals surface area (Å²) in [4.78, 5) is 25.1. The van der Waals surface area contributed by atoms with Crippen molar-refractivity contribution < 1.29 is 9.72 Å². The highest BCUT2D eigenvalue weighted by atomic mass is 35.5. The molecule has 0 bridgehead atoms. The van der Waals surface area contributed by atoms with Crippen LogP contribution in [0, 0.1) is 10.1 Å². The number of rotatable bonds is 6. The molecular formula is C15H21ClN2O3. The minimum absolute atomic E-state index is 0.0164. The molecule has 116 valence electrons. The highest BCUT2D eigenvalue weighted by Gasteiger charge is 2.29. The molecular weight excluding hydrogens is 292 g/mol. The minimum Gasteiger partial charge on any atom is -0.333 e. The van der Waals surface area contributed by atoms with Crippen LogP contribution in [0.1, 0.15) is 50.9 Å². The van der Waals surface area contributed by atoms with E-state index in [9.17, 15) is 14.9 Å². The van der Waals surface area contributed by atoms with Crippen LogP contribution in [0.25, 0.3) is 0 Å². The lowest BCUT2D eigenvalue weighted by Gasteiger charge is -2.34. The fourth-order valence-electron chi connectivity index (χ4n) is 2.20. The van der Waals surface area contributed by atoms with E-state index < -0.39 is 4.92 Å². The molecule has 0 N–H and O–H groups in total. The van der Waals surface area contributed by atoms with Crippen LogP contribution >= 0.6 is 11.6 Å². The van der Waals surface area contributed by atoms with Gasteiger partial charge in [0, 0.05) is 23.2 Å². The number of nitro benzene ring substituents is 1. The summed E-state index contributed by atoms with van der Waals surface area (Å²) in [6.45, 7) is 7.88. The summed E-state index contributed by atoms with van der Waals surface area (Å²) in [5.74, 6) is -0.318. The van der Waals surface area contributed by atoms with Crippen molar-refractivity contribution in [3.05, 3.63) is 38.9 Å². The molecule has 0 fully saturated rings. The third-order valence-corrected chi connectivity index (χ3v) is 3.99. The monoisotopic (exact) mass is 312 g/mol. The van der Waals surface area contributed by atoms with E-state index in [4.69, 9.17) is 11.6 Å². The first-order valence-electron chi connectivity index (χ1n) is 7.10. The summed E-state index contributed by atoms with van der Waals surface area (Å²) in [7, 11) is 0. The molecule has 0 radical (unpaired) electrons.